The molecule has 0 bridgehead atoms. The van der Waals surface area contributed by atoms with Gasteiger partial charge in [-0.2, -0.15) is 0 Å². The maximum absolute atomic E-state index is 13.8. The Bertz CT molecular complexity index is 1100. The number of carbonyl (C=O) groups is 1. The highest BCUT2D eigenvalue weighted by Gasteiger charge is 2.31. The molecule has 8 heteroatoms. The molecule has 0 heterocycles. The van der Waals surface area contributed by atoms with E-state index in [1.165, 1.54) is 6.08 Å². The second-order valence-electron chi connectivity index (χ2n) is 5.91. The zero-order valence-corrected chi connectivity index (χ0v) is 15.1. The molecule has 0 radical (unpaired) electrons. The first-order valence-electron chi connectivity index (χ1n) is 8.49. The number of hydrogen-bond acceptors (Lipinski definition) is 3. The molecular formula is C22H12F5NO2. The molecule has 0 fully saturated rings. The van der Waals surface area contributed by atoms with Gasteiger partial charge in [0.15, 0.2) is 23.3 Å². The van der Waals surface area contributed by atoms with Gasteiger partial charge in [-0.05, 0) is 11.6 Å². The Kier molecular flexibility index (Phi) is 6.36. The molecule has 0 unspecified atom stereocenters. The van der Waals surface area contributed by atoms with Crippen LogP contribution in [0, 0.1) is 29.1 Å². The van der Waals surface area contributed by atoms with Crippen LogP contribution in [-0.4, -0.2) is 11.7 Å². The molecule has 3 nitrogen and oxygen atoms in total. The van der Waals surface area contributed by atoms with E-state index in [0.29, 0.717) is 5.56 Å². The molecule has 30 heavy (non-hydrogen) atoms. The van der Waals surface area contributed by atoms with E-state index in [1.807, 2.05) is 6.07 Å². The van der Waals surface area contributed by atoms with Gasteiger partial charge in [-0.15, -0.1) is 0 Å². The predicted molar refractivity (Wildman–Crippen MR) is 100 cm³/mol. The lowest BCUT2D eigenvalue weighted by Gasteiger charge is -2.06. The molecule has 0 aromatic heterocycles. The highest BCUT2D eigenvalue weighted by Crippen LogP contribution is 2.23. The van der Waals surface area contributed by atoms with Crippen molar-refractivity contribution in [2.24, 2.45) is 5.16 Å². The fraction of sp³-hybridized carbons (Fsp3) is 0. The number of carbonyl (C=O) groups excluding carboxylic acids is 1. The summed E-state index contributed by atoms with van der Waals surface area (Å²) in [5.41, 5.74) is -0.381. The van der Waals surface area contributed by atoms with Crippen LogP contribution in [0.5, 0.6) is 0 Å². The van der Waals surface area contributed by atoms with Gasteiger partial charge in [-0.3, -0.25) is 0 Å². The molecule has 152 valence electrons. The van der Waals surface area contributed by atoms with Crippen LogP contribution in [0.4, 0.5) is 22.0 Å². The number of rotatable bonds is 5. The van der Waals surface area contributed by atoms with Crippen molar-refractivity contribution in [2.45, 2.75) is 0 Å². The number of allylic oxidation sites excluding steroid dienone is 1. The van der Waals surface area contributed by atoms with Crippen molar-refractivity contribution in [1.82, 2.24) is 0 Å². The van der Waals surface area contributed by atoms with Gasteiger partial charge in [0.05, 0.1) is 0 Å². The molecule has 3 rings (SSSR count). The summed E-state index contributed by atoms with van der Waals surface area (Å²) in [6, 6.07) is 17.3. The topological polar surface area (TPSA) is 38.7 Å². The molecule has 0 aliphatic carbocycles. The van der Waals surface area contributed by atoms with Crippen molar-refractivity contribution in [1.29, 1.82) is 0 Å². The monoisotopic (exact) mass is 417 g/mol. The molecule has 3 aromatic carbocycles. The van der Waals surface area contributed by atoms with Crippen molar-refractivity contribution >= 4 is 17.8 Å². The Morgan fingerprint density at radius 2 is 1.23 bits per heavy atom. The van der Waals surface area contributed by atoms with Gasteiger partial charge >= 0.3 is 5.97 Å². The lowest BCUT2D eigenvalue weighted by atomic mass is 10.1. The zero-order chi connectivity index (χ0) is 21.7. The molecule has 3 aromatic rings. The third-order valence-electron chi connectivity index (χ3n) is 3.94. The summed E-state index contributed by atoms with van der Waals surface area (Å²) in [5.74, 6) is -13.3. The van der Waals surface area contributed by atoms with E-state index in [0.717, 1.165) is 5.56 Å². The Morgan fingerprint density at radius 1 is 0.733 bits per heavy atom. The Morgan fingerprint density at radius 3 is 1.80 bits per heavy atom. The molecular weight excluding hydrogens is 405 g/mol. The quantitative estimate of drug-likeness (QED) is 0.134. The van der Waals surface area contributed by atoms with Crippen molar-refractivity contribution < 1.29 is 31.6 Å². The van der Waals surface area contributed by atoms with Crippen LogP contribution in [0.2, 0.25) is 0 Å². The second-order valence-corrected chi connectivity index (χ2v) is 5.91. The average Bonchev–Trinajstić information content (AvgIpc) is 2.78. The minimum Gasteiger partial charge on any atom is -0.312 e. The molecule has 0 saturated heterocycles. The van der Waals surface area contributed by atoms with Gasteiger partial charge in [-0.1, -0.05) is 71.9 Å². The summed E-state index contributed by atoms with van der Waals surface area (Å²) < 4.78 is 67.4. The summed E-state index contributed by atoms with van der Waals surface area (Å²) >= 11 is 0. The largest absolute Gasteiger partial charge is 0.371 e. The predicted octanol–water partition coefficient (Wildman–Crippen LogP) is 5.66. The van der Waals surface area contributed by atoms with Gasteiger partial charge in [0.1, 0.15) is 11.3 Å². The van der Waals surface area contributed by atoms with Crippen molar-refractivity contribution in [3.63, 3.8) is 0 Å². The van der Waals surface area contributed by atoms with E-state index in [1.54, 1.807) is 60.7 Å². The van der Waals surface area contributed by atoms with Crippen LogP contribution in [0.25, 0.3) is 6.08 Å². The minimum atomic E-state index is -2.37. The third-order valence-corrected chi connectivity index (χ3v) is 3.94. The van der Waals surface area contributed by atoms with E-state index in [2.05, 4.69) is 9.99 Å². The van der Waals surface area contributed by atoms with Crippen LogP contribution in [0.1, 0.15) is 21.5 Å². The fourth-order valence-electron chi connectivity index (χ4n) is 2.45. The Hall–Kier alpha value is -3.81. The Labute approximate surface area is 167 Å². The molecule has 0 N–H and O–H groups in total. The van der Waals surface area contributed by atoms with E-state index in [-0.39, 0.29) is 5.71 Å². The summed E-state index contributed by atoms with van der Waals surface area (Å²) in [7, 11) is 0. The molecule has 0 aliphatic rings. The fourth-order valence-corrected chi connectivity index (χ4v) is 2.45. The zero-order valence-electron chi connectivity index (χ0n) is 15.1. The maximum Gasteiger partial charge on any atom is 0.371 e. The number of nitrogens with zero attached hydrogens (tertiary/aromatic N) is 1. The van der Waals surface area contributed by atoms with Crippen LogP contribution in [-0.2, 0) is 4.84 Å². The first-order chi connectivity index (χ1) is 14.4. The van der Waals surface area contributed by atoms with Gasteiger partial charge in [0, 0.05) is 5.56 Å². The van der Waals surface area contributed by atoms with Gasteiger partial charge < -0.3 is 4.84 Å². The third kappa shape index (κ3) is 4.43. The van der Waals surface area contributed by atoms with E-state index >= 15 is 0 Å². The molecule has 0 saturated carbocycles. The number of halogens is 5. The van der Waals surface area contributed by atoms with E-state index in [4.69, 9.17) is 0 Å². The highest BCUT2D eigenvalue weighted by molar-refractivity contribution is 6.10. The summed E-state index contributed by atoms with van der Waals surface area (Å²) in [6.07, 6.45) is 3.11. The number of benzene rings is 3. The van der Waals surface area contributed by atoms with Crippen molar-refractivity contribution in [3.05, 3.63) is 113 Å². The lowest BCUT2D eigenvalue weighted by molar-refractivity contribution is 0.0502. The standard InChI is InChI=1S/C22H12F5NO2/c23-17-16(18(24)20(26)21(27)19(17)25)22(29)30-28-15(14-9-5-2-6-10-14)12-11-13-7-3-1-4-8-13/h1-12H/b12-11+,28-15+. The Balaban J connectivity index is 1.95. The first-order valence-corrected chi connectivity index (χ1v) is 8.49. The molecule has 0 atom stereocenters. The van der Waals surface area contributed by atoms with Gasteiger partial charge in [0.2, 0.25) is 5.82 Å². The second kappa shape index (κ2) is 9.13. The SMILES string of the molecule is O=C(O/N=C(\C=C\c1ccccc1)c1ccccc1)c1c(F)c(F)c(F)c(F)c1F. The van der Waals surface area contributed by atoms with Crippen LogP contribution >= 0.6 is 0 Å². The van der Waals surface area contributed by atoms with Gasteiger partial charge in [0.25, 0.3) is 0 Å². The smallest absolute Gasteiger partial charge is 0.312 e. The van der Waals surface area contributed by atoms with Crippen molar-refractivity contribution in [2.75, 3.05) is 0 Å². The average molecular weight is 417 g/mol. The van der Waals surface area contributed by atoms with Crippen LogP contribution in [0.3, 0.4) is 0 Å². The van der Waals surface area contributed by atoms with Gasteiger partial charge in [-0.25, -0.2) is 26.7 Å². The van der Waals surface area contributed by atoms with Crippen molar-refractivity contribution in [3.8, 4) is 0 Å². The lowest BCUT2D eigenvalue weighted by Crippen LogP contribution is -2.14. The summed E-state index contributed by atoms with van der Waals surface area (Å²) in [6.45, 7) is 0. The summed E-state index contributed by atoms with van der Waals surface area (Å²) in [4.78, 5) is 16.5. The maximum atomic E-state index is 13.8. The van der Waals surface area contributed by atoms with Crippen LogP contribution < -0.4 is 0 Å². The molecule has 0 aliphatic heterocycles. The highest BCUT2D eigenvalue weighted by atomic mass is 19.2. The van der Waals surface area contributed by atoms with E-state index < -0.39 is 40.6 Å². The van der Waals surface area contributed by atoms with Crippen LogP contribution in [0.15, 0.2) is 71.9 Å². The molecule has 0 amide bonds. The summed E-state index contributed by atoms with van der Waals surface area (Å²) in [5, 5.41) is 3.56. The molecule has 0 spiro atoms. The normalized spacial score (nSPS) is 11.7. The minimum absolute atomic E-state index is 0.0803. The number of oxime groups is 1. The number of hydrogen-bond donors (Lipinski definition) is 0. The first kappa shape index (κ1) is 20.9. The van der Waals surface area contributed by atoms with E-state index in [9.17, 15) is 26.7 Å².